The van der Waals surface area contributed by atoms with Gasteiger partial charge in [-0.1, -0.05) is 23.7 Å². The summed E-state index contributed by atoms with van der Waals surface area (Å²) >= 11 is 5.75. The lowest BCUT2D eigenvalue weighted by atomic mass is 10.1. The average molecular weight is 401 g/mol. The van der Waals surface area contributed by atoms with Crippen molar-refractivity contribution in [3.8, 4) is 11.8 Å². The zero-order valence-corrected chi connectivity index (χ0v) is 15.7. The Morgan fingerprint density at radius 3 is 2.64 bits per heavy atom. The predicted molar refractivity (Wildman–Crippen MR) is 105 cm³/mol. The molecule has 144 valence electrons. The highest BCUT2D eigenvalue weighted by Gasteiger charge is 2.13. The van der Waals surface area contributed by atoms with Gasteiger partial charge in [0.25, 0.3) is 11.6 Å². The quantitative estimate of drug-likeness (QED) is 0.303. The molecule has 2 N–H and O–H groups in total. The molecule has 9 heteroatoms. The smallest absolute Gasteiger partial charge is 0.289 e. The van der Waals surface area contributed by atoms with E-state index in [-0.39, 0.29) is 16.3 Å². The third kappa shape index (κ3) is 5.72. The van der Waals surface area contributed by atoms with Crippen LogP contribution in [0.15, 0.2) is 54.2 Å². The number of anilines is 1. The van der Waals surface area contributed by atoms with Gasteiger partial charge in [0.1, 0.15) is 22.4 Å². The largest absolute Gasteiger partial charge is 0.497 e. The number of halogens is 1. The SMILES string of the molecule is COc1ccc(CCNC(=O)/C(C#N)=C\Nc2ccc(Cl)c([N+](=O)[O-])c2)cc1. The standard InChI is InChI=1S/C19H17ClN4O4/c1-28-16-5-2-13(3-6-16)8-9-22-19(25)14(11-21)12-23-15-4-7-17(20)18(10-15)24(26)27/h2-7,10,12,23H,8-9H2,1H3,(H,22,25)/b14-12-. The summed E-state index contributed by atoms with van der Waals surface area (Å²) in [5.74, 6) is 0.197. The maximum Gasteiger partial charge on any atom is 0.289 e. The van der Waals surface area contributed by atoms with Crippen molar-refractivity contribution in [2.75, 3.05) is 19.0 Å². The Kier molecular flexibility index (Phi) is 7.37. The molecule has 0 aliphatic rings. The van der Waals surface area contributed by atoms with Gasteiger partial charge in [0.2, 0.25) is 0 Å². The first-order chi connectivity index (χ1) is 13.4. The molecule has 0 bridgehead atoms. The molecule has 2 rings (SSSR count). The lowest BCUT2D eigenvalue weighted by Crippen LogP contribution is -2.27. The number of carbonyl (C=O) groups excluding carboxylic acids is 1. The first kappa shape index (κ1) is 20.7. The molecule has 1 amide bonds. The van der Waals surface area contributed by atoms with E-state index < -0.39 is 10.8 Å². The summed E-state index contributed by atoms with van der Waals surface area (Å²) in [5.41, 5.74) is 0.903. The highest BCUT2D eigenvalue weighted by molar-refractivity contribution is 6.32. The minimum Gasteiger partial charge on any atom is -0.497 e. The van der Waals surface area contributed by atoms with Gasteiger partial charge in [-0.2, -0.15) is 5.26 Å². The molecule has 0 aliphatic heterocycles. The van der Waals surface area contributed by atoms with E-state index in [0.717, 1.165) is 11.3 Å². The number of nitro groups is 1. The lowest BCUT2D eigenvalue weighted by molar-refractivity contribution is -0.384. The second-order valence-corrected chi connectivity index (χ2v) is 6.00. The van der Waals surface area contributed by atoms with Crippen LogP contribution in [0.5, 0.6) is 5.75 Å². The molecule has 0 saturated carbocycles. The third-order valence-electron chi connectivity index (χ3n) is 3.75. The van der Waals surface area contributed by atoms with Crippen LogP contribution in [0.25, 0.3) is 0 Å². The maximum absolute atomic E-state index is 12.1. The van der Waals surface area contributed by atoms with Crippen molar-refractivity contribution in [1.82, 2.24) is 5.32 Å². The van der Waals surface area contributed by atoms with Gasteiger partial charge in [-0.25, -0.2) is 0 Å². The Balaban J connectivity index is 1.94. The number of methoxy groups -OCH3 is 1. The molecule has 2 aromatic rings. The molecule has 0 fully saturated rings. The third-order valence-corrected chi connectivity index (χ3v) is 4.07. The number of nitrogens with one attached hydrogen (secondary N) is 2. The van der Waals surface area contributed by atoms with Crippen LogP contribution in [-0.2, 0) is 11.2 Å². The molecule has 2 aromatic carbocycles. The van der Waals surface area contributed by atoms with Gasteiger partial charge in [-0.15, -0.1) is 0 Å². The van der Waals surface area contributed by atoms with Crippen LogP contribution in [-0.4, -0.2) is 24.5 Å². The summed E-state index contributed by atoms with van der Waals surface area (Å²) in [7, 11) is 1.58. The van der Waals surface area contributed by atoms with E-state index in [0.29, 0.717) is 18.7 Å². The van der Waals surface area contributed by atoms with Crippen LogP contribution in [0.1, 0.15) is 5.56 Å². The van der Waals surface area contributed by atoms with Crippen LogP contribution >= 0.6 is 11.6 Å². The number of hydrogen-bond donors (Lipinski definition) is 2. The van der Waals surface area contributed by atoms with Gasteiger partial charge in [0.05, 0.1) is 12.0 Å². The monoisotopic (exact) mass is 400 g/mol. The van der Waals surface area contributed by atoms with Crippen molar-refractivity contribution in [3.63, 3.8) is 0 Å². The van der Waals surface area contributed by atoms with E-state index in [9.17, 15) is 20.2 Å². The van der Waals surface area contributed by atoms with E-state index in [2.05, 4.69) is 10.6 Å². The van der Waals surface area contributed by atoms with Crippen LogP contribution < -0.4 is 15.4 Å². The Morgan fingerprint density at radius 2 is 2.04 bits per heavy atom. The molecule has 8 nitrogen and oxygen atoms in total. The fourth-order valence-corrected chi connectivity index (χ4v) is 2.44. The molecule has 28 heavy (non-hydrogen) atoms. The number of benzene rings is 2. The number of nitro benzene ring substituents is 1. The molecule has 0 atom stereocenters. The van der Waals surface area contributed by atoms with Crippen LogP contribution in [0, 0.1) is 21.4 Å². The van der Waals surface area contributed by atoms with Crippen molar-refractivity contribution in [1.29, 1.82) is 5.26 Å². The number of nitrogens with zero attached hydrogens (tertiary/aromatic N) is 2. The summed E-state index contributed by atoms with van der Waals surface area (Å²) in [4.78, 5) is 22.4. The Labute approximate surface area is 166 Å². The molecule has 0 radical (unpaired) electrons. The molecule has 0 aromatic heterocycles. The summed E-state index contributed by atoms with van der Waals surface area (Å²) in [6.45, 7) is 0.344. The van der Waals surface area contributed by atoms with Crippen molar-refractivity contribution in [3.05, 3.63) is 74.9 Å². The highest BCUT2D eigenvalue weighted by atomic mass is 35.5. The zero-order valence-electron chi connectivity index (χ0n) is 14.9. The summed E-state index contributed by atoms with van der Waals surface area (Å²) in [6.07, 6.45) is 1.78. The van der Waals surface area contributed by atoms with E-state index in [1.54, 1.807) is 13.2 Å². The first-order valence-electron chi connectivity index (χ1n) is 8.16. The van der Waals surface area contributed by atoms with Crippen molar-refractivity contribution < 1.29 is 14.5 Å². The number of rotatable bonds is 8. The topological polar surface area (TPSA) is 117 Å². The molecule has 0 unspecified atom stereocenters. The van der Waals surface area contributed by atoms with Crippen molar-refractivity contribution >= 4 is 28.9 Å². The van der Waals surface area contributed by atoms with Gasteiger partial charge in [0, 0.05) is 24.5 Å². The molecule has 0 saturated heterocycles. The second-order valence-electron chi connectivity index (χ2n) is 5.59. The number of hydrogen-bond acceptors (Lipinski definition) is 6. The number of amides is 1. The summed E-state index contributed by atoms with van der Waals surface area (Å²) in [6, 6.07) is 13.3. The minimum absolute atomic E-state index is 0.00342. The summed E-state index contributed by atoms with van der Waals surface area (Å²) < 4.78 is 5.08. The van der Waals surface area contributed by atoms with Crippen molar-refractivity contribution in [2.24, 2.45) is 0 Å². The molecular formula is C19H17ClN4O4. The maximum atomic E-state index is 12.1. The van der Waals surface area contributed by atoms with E-state index >= 15 is 0 Å². The fraction of sp³-hybridized carbons (Fsp3) is 0.158. The number of carbonyl (C=O) groups is 1. The molecular weight excluding hydrogens is 384 g/mol. The molecule has 0 heterocycles. The Morgan fingerprint density at radius 1 is 1.32 bits per heavy atom. The first-order valence-corrected chi connectivity index (χ1v) is 8.54. The molecule has 0 aliphatic carbocycles. The van der Waals surface area contributed by atoms with Gasteiger partial charge in [0.15, 0.2) is 0 Å². The van der Waals surface area contributed by atoms with Crippen LogP contribution in [0.4, 0.5) is 11.4 Å². The number of nitriles is 1. The van der Waals surface area contributed by atoms with Gasteiger partial charge < -0.3 is 15.4 Å². The van der Waals surface area contributed by atoms with E-state index in [1.807, 2.05) is 24.3 Å². The fourth-order valence-electron chi connectivity index (χ4n) is 2.25. The van der Waals surface area contributed by atoms with Gasteiger partial charge >= 0.3 is 0 Å². The lowest BCUT2D eigenvalue weighted by Gasteiger charge is -2.06. The predicted octanol–water partition coefficient (Wildman–Crippen LogP) is 3.44. The molecule has 0 spiro atoms. The van der Waals surface area contributed by atoms with E-state index in [1.165, 1.54) is 24.4 Å². The average Bonchev–Trinajstić information content (AvgIpc) is 2.70. The van der Waals surface area contributed by atoms with Gasteiger partial charge in [-0.05, 0) is 36.2 Å². The second kappa shape index (κ2) is 9.94. The van der Waals surface area contributed by atoms with E-state index in [4.69, 9.17) is 16.3 Å². The minimum atomic E-state index is -0.617. The van der Waals surface area contributed by atoms with Crippen LogP contribution in [0.3, 0.4) is 0 Å². The highest BCUT2D eigenvalue weighted by Crippen LogP contribution is 2.27. The van der Waals surface area contributed by atoms with Crippen molar-refractivity contribution in [2.45, 2.75) is 6.42 Å². The zero-order chi connectivity index (χ0) is 20.5. The Bertz CT molecular complexity index is 936. The number of ether oxygens (including phenoxy) is 1. The van der Waals surface area contributed by atoms with Gasteiger partial charge in [-0.3, -0.25) is 14.9 Å². The summed E-state index contributed by atoms with van der Waals surface area (Å²) in [5, 5.41) is 25.4. The normalized spacial score (nSPS) is 10.7. The van der Waals surface area contributed by atoms with Crippen LogP contribution in [0.2, 0.25) is 5.02 Å². The Hall–Kier alpha value is -3.57.